The van der Waals surface area contributed by atoms with Crippen molar-refractivity contribution in [3.8, 4) is 0 Å². The van der Waals surface area contributed by atoms with Gasteiger partial charge in [-0.3, -0.25) is 4.90 Å². The Morgan fingerprint density at radius 1 is 1.06 bits per heavy atom. The first-order valence-corrected chi connectivity index (χ1v) is 7.66. The molecule has 2 fully saturated rings. The van der Waals surface area contributed by atoms with Crippen LogP contribution in [0.25, 0.3) is 0 Å². The number of hydrogen-bond acceptors (Lipinski definition) is 2. The molecule has 1 heterocycles. The number of piperidine rings is 1. The van der Waals surface area contributed by atoms with Gasteiger partial charge in [0.05, 0.1) is 0 Å². The van der Waals surface area contributed by atoms with E-state index in [0.717, 1.165) is 30.5 Å². The Bertz CT molecular complexity index is 217. The van der Waals surface area contributed by atoms with Crippen molar-refractivity contribution in [2.75, 3.05) is 19.6 Å². The van der Waals surface area contributed by atoms with Crippen LogP contribution in [0, 0.1) is 11.8 Å². The molecule has 4 atom stereocenters. The Morgan fingerprint density at radius 3 is 2.41 bits per heavy atom. The van der Waals surface area contributed by atoms with Gasteiger partial charge in [-0.25, -0.2) is 0 Å². The molecule has 2 rings (SSSR count). The number of hydrogen-bond donors (Lipinski definition) is 1. The quantitative estimate of drug-likeness (QED) is 0.813. The number of rotatable bonds is 3. The molecule has 1 saturated heterocycles. The normalized spacial score (nSPS) is 40.4. The molecular weight excluding hydrogens is 208 g/mol. The van der Waals surface area contributed by atoms with Crippen molar-refractivity contribution >= 4 is 0 Å². The van der Waals surface area contributed by atoms with Crippen LogP contribution in [0.15, 0.2) is 0 Å². The molecule has 0 radical (unpaired) electrons. The standard InChI is InChI=1S/C15H30N2/c1-4-16-14-6-5-7-15(9-14)17-10-12(2)8-13(3)11-17/h12-16H,4-11H2,1-3H3. The van der Waals surface area contributed by atoms with Crippen LogP contribution in [0.4, 0.5) is 0 Å². The fourth-order valence-corrected chi connectivity index (χ4v) is 3.98. The summed E-state index contributed by atoms with van der Waals surface area (Å²) >= 11 is 0. The summed E-state index contributed by atoms with van der Waals surface area (Å²) in [5.74, 6) is 1.80. The summed E-state index contributed by atoms with van der Waals surface area (Å²) in [5.41, 5.74) is 0. The van der Waals surface area contributed by atoms with Gasteiger partial charge in [0.2, 0.25) is 0 Å². The smallest absolute Gasteiger partial charge is 0.0110 e. The Kier molecular flexibility index (Phi) is 4.87. The largest absolute Gasteiger partial charge is 0.314 e. The molecule has 0 amide bonds. The molecule has 100 valence electrons. The van der Waals surface area contributed by atoms with E-state index in [0.29, 0.717) is 0 Å². The molecule has 1 N–H and O–H groups in total. The van der Waals surface area contributed by atoms with E-state index in [-0.39, 0.29) is 0 Å². The molecule has 0 bridgehead atoms. The summed E-state index contributed by atoms with van der Waals surface area (Å²) in [4.78, 5) is 2.79. The van der Waals surface area contributed by atoms with E-state index in [2.05, 4.69) is 31.0 Å². The lowest BCUT2D eigenvalue weighted by molar-refractivity contribution is 0.0682. The van der Waals surface area contributed by atoms with E-state index >= 15 is 0 Å². The van der Waals surface area contributed by atoms with Gasteiger partial charge in [0, 0.05) is 25.2 Å². The van der Waals surface area contributed by atoms with Gasteiger partial charge in [-0.15, -0.1) is 0 Å². The molecule has 1 aliphatic heterocycles. The molecule has 4 unspecified atom stereocenters. The minimum atomic E-state index is 0.784. The van der Waals surface area contributed by atoms with Crippen LogP contribution in [0.1, 0.15) is 52.9 Å². The molecule has 2 heteroatoms. The molecule has 2 nitrogen and oxygen atoms in total. The average molecular weight is 238 g/mol. The zero-order valence-electron chi connectivity index (χ0n) is 11.9. The van der Waals surface area contributed by atoms with Crippen molar-refractivity contribution < 1.29 is 0 Å². The van der Waals surface area contributed by atoms with Crippen molar-refractivity contribution in [3.05, 3.63) is 0 Å². The van der Waals surface area contributed by atoms with Gasteiger partial charge >= 0.3 is 0 Å². The summed E-state index contributed by atoms with van der Waals surface area (Å²) in [6.45, 7) is 10.9. The van der Waals surface area contributed by atoms with E-state index in [4.69, 9.17) is 0 Å². The van der Waals surface area contributed by atoms with Crippen molar-refractivity contribution in [1.29, 1.82) is 0 Å². The Morgan fingerprint density at radius 2 is 1.76 bits per heavy atom. The highest BCUT2D eigenvalue weighted by Crippen LogP contribution is 2.29. The first-order chi connectivity index (χ1) is 8.19. The maximum absolute atomic E-state index is 3.65. The van der Waals surface area contributed by atoms with Crippen molar-refractivity contribution in [2.24, 2.45) is 11.8 Å². The minimum Gasteiger partial charge on any atom is -0.314 e. The van der Waals surface area contributed by atoms with Crippen LogP contribution in [0.5, 0.6) is 0 Å². The lowest BCUT2D eigenvalue weighted by Gasteiger charge is -2.43. The summed E-state index contributed by atoms with van der Waals surface area (Å²) in [7, 11) is 0. The third-order valence-electron chi connectivity index (χ3n) is 4.55. The molecule has 0 aromatic rings. The maximum atomic E-state index is 3.65. The van der Waals surface area contributed by atoms with E-state index in [1.807, 2.05) is 0 Å². The van der Waals surface area contributed by atoms with Gasteiger partial charge in [-0.05, 0) is 44.1 Å². The van der Waals surface area contributed by atoms with Gasteiger partial charge < -0.3 is 5.32 Å². The third-order valence-corrected chi connectivity index (χ3v) is 4.55. The Labute approximate surface area is 107 Å². The first-order valence-electron chi connectivity index (χ1n) is 7.66. The van der Waals surface area contributed by atoms with E-state index in [1.54, 1.807) is 0 Å². The molecule has 2 aliphatic rings. The highest BCUT2D eigenvalue weighted by Gasteiger charge is 2.30. The average Bonchev–Trinajstić information content (AvgIpc) is 2.28. The van der Waals surface area contributed by atoms with E-state index in [1.165, 1.54) is 45.2 Å². The van der Waals surface area contributed by atoms with Crippen LogP contribution >= 0.6 is 0 Å². The van der Waals surface area contributed by atoms with Crippen molar-refractivity contribution in [3.63, 3.8) is 0 Å². The SMILES string of the molecule is CCNC1CCCC(N2CC(C)CC(C)C2)C1. The molecule has 1 aliphatic carbocycles. The Hall–Kier alpha value is -0.0800. The van der Waals surface area contributed by atoms with Gasteiger partial charge in [-0.2, -0.15) is 0 Å². The highest BCUT2D eigenvalue weighted by atomic mass is 15.2. The summed E-state index contributed by atoms with van der Waals surface area (Å²) in [6.07, 6.45) is 7.05. The molecule has 1 saturated carbocycles. The van der Waals surface area contributed by atoms with Crippen LogP contribution in [0.2, 0.25) is 0 Å². The zero-order valence-corrected chi connectivity index (χ0v) is 11.9. The predicted molar refractivity (Wildman–Crippen MR) is 74.2 cm³/mol. The van der Waals surface area contributed by atoms with Crippen LogP contribution < -0.4 is 5.32 Å². The lowest BCUT2D eigenvalue weighted by Crippen LogP contribution is -2.49. The van der Waals surface area contributed by atoms with Gasteiger partial charge in [0.1, 0.15) is 0 Å². The van der Waals surface area contributed by atoms with Gasteiger partial charge in [0.25, 0.3) is 0 Å². The van der Waals surface area contributed by atoms with Gasteiger partial charge in [0.15, 0.2) is 0 Å². The third kappa shape index (κ3) is 3.69. The van der Waals surface area contributed by atoms with Crippen LogP contribution in [-0.4, -0.2) is 36.6 Å². The van der Waals surface area contributed by atoms with Crippen LogP contribution in [0.3, 0.4) is 0 Å². The maximum Gasteiger partial charge on any atom is 0.0110 e. The summed E-state index contributed by atoms with van der Waals surface area (Å²) in [5, 5.41) is 3.65. The molecular formula is C15H30N2. The predicted octanol–water partition coefficient (Wildman–Crippen LogP) is 2.89. The zero-order chi connectivity index (χ0) is 12.3. The fraction of sp³-hybridized carbons (Fsp3) is 1.00. The summed E-state index contributed by atoms with van der Waals surface area (Å²) in [6, 6.07) is 1.64. The second kappa shape index (κ2) is 6.19. The van der Waals surface area contributed by atoms with Gasteiger partial charge in [-0.1, -0.05) is 27.2 Å². The second-order valence-corrected chi connectivity index (χ2v) is 6.47. The van der Waals surface area contributed by atoms with Crippen LogP contribution in [-0.2, 0) is 0 Å². The molecule has 0 spiro atoms. The second-order valence-electron chi connectivity index (χ2n) is 6.47. The Balaban J connectivity index is 1.87. The number of nitrogens with one attached hydrogen (secondary N) is 1. The highest BCUT2D eigenvalue weighted by molar-refractivity contribution is 4.87. The summed E-state index contributed by atoms with van der Waals surface area (Å²) < 4.78 is 0. The van der Waals surface area contributed by atoms with E-state index < -0.39 is 0 Å². The van der Waals surface area contributed by atoms with Crippen molar-refractivity contribution in [1.82, 2.24) is 10.2 Å². The molecule has 17 heavy (non-hydrogen) atoms. The topological polar surface area (TPSA) is 15.3 Å². The minimum absolute atomic E-state index is 0.784. The molecule has 0 aromatic carbocycles. The first kappa shape index (κ1) is 13.4. The molecule has 0 aromatic heterocycles. The fourth-order valence-electron chi connectivity index (χ4n) is 3.98. The number of likely N-dealkylation sites (tertiary alicyclic amines) is 1. The van der Waals surface area contributed by atoms with E-state index in [9.17, 15) is 0 Å². The lowest BCUT2D eigenvalue weighted by atomic mass is 9.85. The van der Waals surface area contributed by atoms with Crippen molar-refractivity contribution in [2.45, 2.75) is 65.0 Å². The monoisotopic (exact) mass is 238 g/mol. The number of nitrogens with zero attached hydrogens (tertiary/aromatic N) is 1.